The van der Waals surface area contributed by atoms with Crippen molar-refractivity contribution >= 4 is 17.1 Å². The standard InChI is InChI=1S/C61H55N/c1-59(2)37-38-60(3,4)58-51(28-18-30-55(58)59)53-40-52-50-27-16-17-29-54(50)61(46-23-10-6-11-24-46,47-25-12-7-13-26-47)56(52)41-57(53)62(49-36-33-43-21-14-15-22-45(43)39-49)48-34-31-44(32-35-48)42-19-8-5-9-20-42/h5-13,16-20,23-36,39-41H,14-15,21-22,37-38H2,1-4H3. The van der Waals surface area contributed by atoms with E-state index in [9.17, 15) is 0 Å². The summed E-state index contributed by atoms with van der Waals surface area (Å²) in [6.07, 6.45) is 7.10. The maximum absolute atomic E-state index is 2.61. The number of hydrogen-bond donors (Lipinski definition) is 0. The lowest BCUT2D eigenvalue weighted by Crippen LogP contribution is -2.34. The molecule has 304 valence electrons. The summed E-state index contributed by atoms with van der Waals surface area (Å²) in [4.78, 5) is 2.60. The summed E-state index contributed by atoms with van der Waals surface area (Å²) in [5, 5.41) is 0. The lowest BCUT2D eigenvalue weighted by atomic mass is 9.61. The molecule has 0 saturated carbocycles. The molecule has 0 atom stereocenters. The van der Waals surface area contributed by atoms with Gasteiger partial charge in [-0.3, -0.25) is 0 Å². The van der Waals surface area contributed by atoms with Gasteiger partial charge in [-0.05, 0) is 158 Å². The van der Waals surface area contributed by atoms with Crippen molar-refractivity contribution in [2.75, 3.05) is 4.90 Å². The van der Waals surface area contributed by atoms with Crippen LogP contribution in [0.4, 0.5) is 17.1 Å². The van der Waals surface area contributed by atoms with Crippen molar-refractivity contribution < 1.29 is 0 Å². The summed E-state index contributed by atoms with van der Waals surface area (Å²) < 4.78 is 0. The molecule has 3 aliphatic carbocycles. The van der Waals surface area contributed by atoms with Crippen LogP contribution in [0.2, 0.25) is 0 Å². The molecule has 0 aliphatic heterocycles. The minimum absolute atomic E-state index is 0.00144. The van der Waals surface area contributed by atoms with Crippen molar-refractivity contribution in [2.45, 2.75) is 82.5 Å². The molecule has 0 fully saturated rings. The zero-order valence-electron chi connectivity index (χ0n) is 36.6. The van der Waals surface area contributed by atoms with Crippen molar-refractivity contribution in [1.82, 2.24) is 0 Å². The second-order valence-electron chi connectivity index (χ2n) is 19.3. The fraction of sp³-hybridized carbons (Fsp3) is 0.213. The maximum atomic E-state index is 2.61. The van der Waals surface area contributed by atoms with Crippen LogP contribution in [-0.4, -0.2) is 0 Å². The number of rotatable bonds is 7. The molecule has 0 amide bonds. The Hall–Kier alpha value is -6.44. The van der Waals surface area contributed by atoms with Crippen LogP contribution < -0.4 is 4.90 Å². The Morgan fingerprint density at radius 1 is 0.387 bits per heavy atom. The number of anilines is 3. The van der Waals surface area contributed by atoms with Crippen molar-refractivity contribution in [3.63, 3.8) is 0 Å². The number of aryl methyl sites for hydroxylation is 2. The van der Waals surface area contributed by atoms with Crippen molar-refractivity contribution in [3.05, 3.63) is 233 Å². The third-order valence-corrected chi connectivity index (χ3v) is 14.8. The quantitative estimate of drug-likeness (QED) is 0.155. The summed E-state index contributed by atoms with van der Waals surface area (Å²) in [5.74, 6) is 0. The van der Waals surface area contributed by atoms with Gasteiger partial charge in [0.15, 0.2) is 0 Å². The fourth-order valence-corrected chi connectivity index (χ4v) is 11.6. The number of nitrogens with zero attached hydrogens (tertiary/aromatic N) is 1. The first-order valence-electron chi connectivity index (χ1n) is 22.9. The minimum Gasteiger partial charge on any atom is -0.310 e. The molecule has 0 N–H and O–H groups in total. The topological polar surface area (TPSA) is 3.24 Å². The fourth-order valence-electron chi connectivity index (χ4n) is 11.6. The van der Waals surface area contributed by atoms with E-state index in [1.165, 1.54) is 109 Å². The highest BCUT2D eigenvalue weighted by molar-refractivity contribution is 5.97. The Kier molecular flexibility index (Phi) is 9.24. The Labute approximate surface area is 368 Å². The zero-order chi connectivity index (χ0) is 42.1. The van der Waals surface area contributed by atoms with Gasteiger partial charge in [0.2, 0.25) is 0 Å². The number of fused-ring (bicyclic) bond motifs is 5. The molecule has 8 aromatic rings. The molecule has 3 aliphatic rings. The molecule has 0 saturated heterocycles. The summed E-state index contributed by atoms with van der Waals surface area (Å²) in [7, 11) is 0. The maximum Gasteiger partial charge on any atom is 0.0714 e. The van der Waals surface area contributed by atoms with Crippen molar-refractivity contribution in [2.24, 2.45) is 0 Å². The van der Waals surface area contributed by atoms with Crippen LogP contribution in [0.25, 0.3) is 33.4 Å². The zero-order valence-corrected chi connectivity index (χ0v) is 36.6. The van der Waals surface area contributed by atoms with Crippen LogP contribution in [0.5, 0.6) is 0 Å². The van der Waals surface area contributed by atoms with Crippen LogP contribution in [0.15, 0.2) is 188 Å². The summed E-state index contributed by atoms with van der Waals surface area (Å²) in [6, 6.07) is 71.5. The molecule has 0 unspecified atom stereocenters. The molecule has 1 heteroatoms. The van der Waals surface area contributed by atoms with Gasteiger partial charge in [0.05, 0.1) is 11.1 Å². The van der Waals surface area contributed by atoms with Crippen molar-refractivity contribution in [1.29, 1.82) is 0 Å². The van der Waals surface area contributed by atoms with Gasteiger partial charge in [-0.25, -0.2) is 0 Å². The SMILES string of the molecule is CC1(C)CCC(C)(C)c2c(-c3cc4c(cc3N(c3ccc(-c5ccccc5)cc3)c3ccc5c(c3)CCCC5)C(c3ccccc3)(c3ccccc3)c3ccccc3-4)cccc21. The molecular weight excluding hydrogens is 747 g/mol. The number of benzene rings is 8. The first kappa shape index (κ1) is 38.5. The van der Waals surface area contributed by atoms with Crippen LogP contribution in [0.3, 0.4) is 0 Å². The highest BCUT2D eigenvalue weighted by Crippen LogP contribution is 2.60. The van der Waals surface area contributed by atoms with E-state index in [0.29, 0.717) is 0 Å². The molecule has 0 bridgehead atoms. The van der Waals surface area contributed by atoms with E-state index in [4.69, 9.17) is 0 Å². The van der Waals surface area contributed by atoms with E-state index in [1.54, 1.807) is 0 Å². The second kappa shape index (κ2) is 14.9. The normalized spacial score (nSPS) is 16.4. The molecule has 0 heterocycles. The Morgan fingerprint density at radius 3 is 1.66 bits per heavy atom. The van der Waals surface area contributed by atoms with Gasteiger partial charge < -0.3 is 4.90 Å². The van der Waals surface area contributed by atoms with E-state index in [1.807, 2.05) is 0 Å². The van der Waals surface area contributed by atoms with Gasteiger partial charge in [-0.2, -0.15) is 0 Å². The molecule has 1 nitrogen and oxygen atoms in total. The van der Waals surface area contributed by atoms with Crippen molar-refractivity contribution in [3.8, 4) is 33.4 Å². The molecule has 62 heavy (non-hydrogen) atoms. The Balaban J connectivity index is 1.27. The Morgan fingerprint density at radius 2 is 0.952 bits per heavy atom. The van der Waals surface area contributed by atoms with Crippen LogP contribution in [-0.2, 0) is 29.1 Å². The van der Waals surface area contributed by atoms with E-state index in [-0.39, 0.29) is 10.8 Å². The van der Waals surface area contributed by atoms with Crippen LogP contribution in [0.1, 0.15) is 97.9 Å². The van der Waals surface area contributed by atoms with E-state index < -0.39 is 5.41 Å². The van der Waals surface area contributed by atoms with Gasteiger partial charge in [-0.15, -0.1) is 0 Å². The number of hydrogen-bond acceptors (Lipinski definition) is 1. The smallest absolute Gasteiger partial charge is 0.0714 e. The van der Waals surface area contributed by atoms with Gasteiger partial charge >= 0.3 is 0 Å². The molecular formula is C61H55N. The predicted molar refractivity (Wildman–Crippen MR) is 261 cm³/mol. The summed E-state index contributed by atoms with van der Waals surface area (Å²) in [6.45, 7) is 9.86. The van der Waals surface area contributed by atoms with E-state index >= 15 is 0 Å². The second-order valence-corrected chi connectivity index (χ2v) is 19.3. The molecule has 0 radical (unpaired) electrons. The highest BCUT2D eigenvalue weighted by Gasteiger charge is 2.47. The first-order valence-corrected chi connectivity index (χ1v) is 22.9. The average molecular weight is 802 g/mol. The lowest BCUT2D eigenvalue weighted by Gasteiger charge is -2.43. The summed E-state index contributed by atoms with van der Waals surface area (Å²) in [5.41, 5.74) is 22.0. The lowest BCUT2D eigenvalue weighted by molar-refractivity contribution is 0.333. The molecule has 8 aromatic carbocycles. The minimum atomic E-state index is -0.530. The molecule has 0 spiro atoms. The van der Waals surface area contributed by atoms with E-state index in [2.05, 4.69) is 221 Å². The van der Waals surface area contributed by atoms with E-state index in [0.717, 1.165) is 24.9 Å². The molecule has 0 aromatic heterocycles. The van der Waals surface area contributed by atoms with Gasteiger partial charge in [0.1, 0.15) is 0 Å². The monoisotopic (exact) mass is 801 g/mol. The van der Waals surface area contributed by atoms with Gasteiger partial charge in [-0.1, -0.05) is 179 Å². The summed E-state index contributed by atoms with van der Waals surface area (Å²) >= 11 is 0. The van der Waals surface area contributed by atoms with Gasteiger partial charge in [0.25, 0.3) is 0 Å². The van der Waals surface area contributed by atoms with Gasteiger partial charge in [0, 0.05) is 16.9 Å². The predicted octanol–water partition coefficient (Wildman–Crippen LogP) is 16.1. The molecule has 11 rings (SSSR count). The Bertz CT molecular complexity index is 2900. The third-order valence-electron chi connectivity index (χ3n) is 14.8. The highest BCUT2D eigenvalue weighted by atomic mass is 15.1. The first-order chi connectivity index (χ1) is 30.2. The third kappa shape index (κ3) is 6.11. The largest absolute Gasteiger partial charge is 0.310 e. The van der Waals surface area contributed by atoms with Crippen LogP contribution >= 0.6 is 0 Å². The van der Waals surface area contributed by atoms with Crippen LogP contribution in [0, 0.1) is 0 Å². The average Bonchev–Trinajstić information content (AvgIpc) is 3.61.